The Kier molecular flexibility index (Phi) is 7.02. The molecule has 0 aliphatic heterocycles. The van der Waals surface area contributed by atoms with Crippen LogP contribution in [0.1, 0.15) is 69.4 Å². The van der Waals surface area contributed by atoms with E-state index in [1.807, 2.05) is 6.92 Å². The molecule has 1 nitrogen and oxygen atoms in total. The molecule has 0 heterocycles. The summed E-state index contributed by atoms with van der Waals surface area (Å²) < 4.78 is 5.46. The third-order valence-corrected chi connectivity index (χ3v) is 4.75. The van der Waals surface area contributed by atoms with Crippen LogP contribution in [0.15, 0.2) is 36.4 Å². The van der Waals surface area contributed by atoms with E-state index in [4.69, 9.17) is 4.74 Å². The first-order valence-corrected chi connectivity index (χ1v) is 8.61. The van der Waals surface area contributed by atoms with Crippen LogP contribution in [0.25, 0.3) is 0 Å². The summed E-state index contributed by atoms with van der Waals surface area (Å²) >= 11 is 0. The second-order valence-corrected chi connectivity index (χ2v) is 6.24. The third-order valence-electron chi connectivity index (χ3n) is 4.75. The number of benzene rings is 1. The van der Waals surface area contributed by atoms with Crippen LogP contribution in [0.3, 0.4) is 0 Å². The molecule has 1 fully saturated rings. The predicted molar refractivity (Wildman–Crippen MR) is 90.5 cm³/mol. The summed E-state index contributed by atoms with van der Waals surface area (Å²) in [6.07, 6.45) is 12.7. The van der Waals surface area contributed by atoms with E-state index in [0.717, 1.165) is 25.0 Å². The number of ether oxygens (including phenoxy) is 1. The Balaban J connectivity index is 1.79. The van der Waals surface area contributed by atoms with E-state index < -0.39 is 0 Å². The number of allylic oxidation sites excluding steroid dienone is 2. The molecule has 0 atom stereocenters. The molecule has 0 unspecified atom stereocenters. The molecule has 0 spiro atoms. The predicted octanol–water partition coefficient (Wildman–Crippen LogP) is 5.85. The highest BCUT2D eigenvalue weighted by Gasteiger charge is 2.21. The zero-order chi connectivity index (χ0) is 14.9. The quantitative estimate of drug-likeness (QED) is 0.571. The summed E-state index contributed by atoms with van der Waals surface area (Å²) in [5.41, 5.74) is 2.82. The Labute approximate surface area is 130 Å². The minimum atomic E-state index is 0.745. The van der Waals surface area contributed by atoms with E-state index in [9.17, 15) is 0 Å². The Morgan fingerprint density at radius 1 is 1.10 bits per heavy atom. The van der Waals surface area contributed by atoms with Gasteiger partial charge in [0.25, 0.3) is 0 Å². The smallest absolute Gasteiger partial charge is 0.0716 e. The summed E-state index contributed by atoms with van der Waals surface area (Å²) in [4.78, 5) is 0. The molecule has 1 aromatic rings. The monoisotopic (exact) mass is 286 g/mol. The van der Waals surface area contributed by atoms with Gasteiger partial charge in [0.2, 0.25) is 0 Å². The molecule has 1 saturated carbocycles. The van der Waals surface area contributed by atoms with Crippen LogP contribution in [0.4, 0.5) is 0 Å². The van der Waals surface area contributed by atoms with Crippen LogP contribution >= 0.6 is 0 Å². The van der Waals surface area contributed by atoms with Gasteiger partial charge in [0.15, 0.2) is 0 Å². The highest BCUT2D eigenvalue weighted by molar-refractivity contribution is 5.25. The maximum absolute atomic E-state index is 5.46. The molecule has 0 radical (unpaired) electrons. The van der Waals surface area contributed by atoms with Gasteiger partial charge in [0.05, 0.1) is 6.61 Å². The van der Waals surface area contributed by atoms with Crippen LogP contribution in [-0.4, -0.2) is 6.61 Å². The fourth-order valence-electron chi connectivity index (χ4n) is 3.39. The lowest BCUT2D eigenvalue weighted by Gasteiger charge is -2.28. The van der Waals surface area contributed by atoms with Crippen LogP contribution in [-0.2, 0) is 11.3 Å². The molecule has 1 aliphatic rings. The Morgan fingerprint density at radius 2 is 1.81 bits per heavy atom. The van der Waals surface area contributed by atoms with Gasteiger partial charge in [-0.1, -0.05) is 36.4 Å². The molecular formula is C20H30O. The summed E-state index contributed by atoms with van der Waals surface area (Å²) in [6, 6.07) is 9.12. The first-order chi connectivity index (χ1) is 10.3. The maximum atomic E-state index is 5.46. The van der Waals surface area contributed by atoms with Crippen molar-refractivity contribution in [3.05, 3.63) is 47.5 Å². The van der Waals surface area contributed by atoms with Gasteiger partial charge in [0, 0.05) is 6.61 Å². The number of hydrogen-bond donors (Lipinski definition) is 0. The highest BCUT2D eigenvalue weighted by Crippen LogP contribution is 2.37. The van der Waals surface area contributed by atoms with Crippen molar-refractivity contribution in [2.24, 2.45) is 5.92 Å². The lowest BCUT2D eigenvalue weighted by Crippen LogP contribution is -2.13. The minimum absolute atomic E-state index is 0.745. The first-order valence-electron chi connectivity index (χ1n) is 8.61. The van der Waals surface area contributed by atoms with Gasteiger partial charge in [-0.2, -0.15) is 0 Å². The molecule has 1 heteroatoms. The van der Waals surface area contributed by atoms with E-state index in [0.29, 0.717) is 0 Å². The van der Waals surface area contributed by atoms with Gasteiger partial charge in [-0.05, 0) is 75.3 Å². The molecule has 0 aromatic heterocycles. The molecule has 116 valence electrons. The topological polar surface area (TPSA) is 9.23 Å². The van der Waals surface area contributed by atoms with Gasteiger partial charge >= 0.3 is 0 Å². The number of rotatable bonds is 7. The third kappa shape index (κ3) is 5.32. The van der Waals surface area contributed by atoms with E-state index in [1.54, 1.807) is 0 Å². The van der Waals surface area contributed by atoms with Crippen LogP contribution in [0.2, 0.25) is 0 Å². The van der Waals surface area contributed by atoms with Gasteiger partial charge in [-0.25, -0.2) is 0 Å². The average Bonchev–Trinajstić information content (AvgIpc) is 2.54. The fraction of sp³-hybridized carbons (Fsp3) is 0.600. The molecule has 1 aliphatic carbocycles. The van der Waals surface area contributed by atoms with E-state index >= 15 is 0 Å². The van der Waals surface area contributed by atoms with Gasteiger partial charge < -0.3 is 4.74 Å². The molecule has 0 amide bonds. The minimum Gasteiger partial charge on any atom is -0.377 e. The van der Waals surface area contributed by atoms with Crippen LogP contribution < -0.4 is 0 Å². The molecule has 2 rings (SSSR count). The lowest BCUT2D eigenvalue weighted by molar-refractivity contribution is 0.134. The standard InChI is InChI=1S/C20H30O/c1-3-5-6-7-17-8-12-19(13-9-17)20-14-10-18(11-15-20)16-21-4-2/h3,5,10-11,14-15,17,19H,4,6-9,12-13,16H2,1-2H3/b5-3+/t17-,19-. The van der Waals surface area contributed by atoms with E-state index in [1.165, 1.54) is 49.7 Å². The molecular weight excluding hydrogens is 256 g/mol. The molecule has 0 saturated heterocycles. The largest absolute Gasteiger partial charge is 0.377 e. The Hall–Kier alpha value is -1.08. The van der Waals surface area contributed by atoms with Crippen molar-refractivity contribution >= 4 is 0 Å². The highest BCUT2D eigenvalue weighted by atomic mass is 16.5. The van der Waals surface area contributed by atoms with Crippen molar-refractivity contribution in [2.45, 2.75) is 64.9 Å². The van der Waals surface area contributed by atoms with Crippen molar-refractivity contribution in [2.75, 3.05) is 6.61 Å². The summed E-state index contributed by atoms with van der Waals surface area (Å²) in [5, 5.41) is 0. The van der Waals surface area contributed by atoms with E-state index in [2.05, 4.69) is 43.3 Å². The van der Waals surface area contributed by atoms with Crippen molar-refractivity contribution in [3.63, 3.8) is 0 Å². The van der Waals surface area contributed by atoms with E-state index in [-0.39, 0.29) is 0 Å². The molecule has 0 bridgehead atoms. The second-order valence-electron chi connectivity index (χ2n) is 6.24. The van der Waals surface area contributed by atoms with Gasteiger partial charge in [0.1, 0.15) is 0 Å². The summed E-state index contributed by atoms with van der Waals surface area (Å²) in [6.45, 7) is 5.70. The Bertz CT molecular complexity index is 410. The summed E-state index contributed by atoms with van der Waals surface area (Å²) in [7, 11) is 0. The van der Waals surface area contributed by atoms with Gasteiger partial charge in [-0.3, -0.25) is 0 Å². The lowest BCUT2D eigenvalue weighted by atomic mass is 9.77. The molecule has 21 heavy (non-hydrogen) atoms. The summed E-state index contributed by atoms with van der Waals surface area (Å²) in [5.74, 6) is 1.73. The Morgan fingerprint density at radius 3 is 2.43 bits per heavy atom. The first kappa shape index (κ1) is 16.3. The van der Waals surface area contributed by atoms with Crippen LogP contribution in [0.5, 0.6) is 0 Å². The van der Waals surface area contributed by atoms with Crippen molar-refractivity contribution in [3.8, 4) is 0 Å². The molecule has 0 N–H and O–H groups in total. The number of hydrogen-bond acceptors (Lipinski definition) is 1. The maximum Gasteiger partial charge on any atom is 0.0716 e. The fourth-order valence-corrected chi connectivity index (χ4v) is 3.39. The average molecular weight is 286 g/mol. The normalized spacial score (nSPS) is 22.8. The SMILES string of the molecule is C/C=C/CC[C@H]1CC[C@H](c2ccc(COCC)cc2)CC1. The second kappa shape index (κ2) is 9.04. The molecule has 1 aromatic carbocycles. The zero-order valence-electron chi connectivity index (χ0n) is 13.7. The van der Waals surface area contributed by atoms with Crippen LogP contribution in [0, 0.1) is 5.92 Å². The van der Waals surface area contributed by atoms with Gasteiger partial charge in [-0.15, -0.1) is 0 Å². The van der Waals surface area contributed by atoms with Crippen molar-refractivity contribution in [1.82, 2.24) is 0 Å². The zero-order valence-corrected chi connectivity index (χ0v) is 13.7. The van der Waals surface area contributed by atoms with Crippen molar-refractivity contribution in [1.29, 1.82) is 0 Å². The van der Waals surface area contributed by atoms with Crippen molar-refractivity contribution < 1.29 is 4.74 Å².